The number of morpholine rings is 1. The highest BCUT2D eigenvalue weighted by atomic mass is 32.2. The second-order valence-corrected chi connectivity index (χ2v) is 11.2. The normalized spacial score (nSPS) is 17.3. The van der Waals surface area contributed by atoms with E-state index < -0.39 is 10.0 Å². The second-order valence-electron chi connectivity index (χ2n) is 8.37. The van der Waals surface area contributed by atoms with Crippen molar-refractivity contribution in [3.63, 3.8) is 0 Å². The van der Waals surface area contributed by atoms with Crippen LogP contribution in [0.15, 0.2) is 58.8 Å². The third kappa shape index (κ3) is 5.06. The zero-order valence-corrected chi connectivity index (χ0v) is 20.3. The SMILES string of the molecule is O=C(Nc1nc(CN2CCc3ccccc3C2)cs1)c1ccc(S(=O)(=O)N2CCOCC2)cc1. The third-order valence-corrected chi connectivity index (χ3v) is 8.81. The maximum Gasteiger partial charge on any atom is 0.257 e. The van der Waals surface area contributed by atoms with Gasteiger partial charge in [0, 0.05) is 43.7 Å². The highest BCUT2D eigenvalue weighted by molar-refractivity contribution is 7.89. The fourth-order valence-corrected chi connectivity index (χ4v) is 6.34. The van der Waals surface area contributed by atoms with Crippen LogP contribution in [-0.4, -0.2) is 61.4 Å². The number of hydrogen-bond donors (Lipinski definition) is 1. The summed E-state index contributed by atoms with van der Waals surface area (Å²) in [6, 6.07) is 14.5. The molecule has 0 atom stereocenters. The Morgan fingerprint density at radius 2 is 1.76 bits per heavy atom. The first-order chi connectivity index (χ1) is 16.5. The molecule has 178 valence electrons. The summed E-state index contributed by atoms with van der Waals surface area (Å²) in [4.78, 5) is 19.8. The lowest BCUT2D eigenvalue weighted by Crippen LogP contribution is -2.40. The average Bonchev–Trinajstić information content (AvgIpc) is 3.31. The number of thiazole rings is 1. The molecule has 3 aromatic rings. The minimum Gasteiger partial charge on any atom is -0.379 e. The first kappa shape index (κ1) is 23.1. The van der Waals surface area contributed by atoms with Crippen LogP contribution in [0.5, 0.6) is 0 Å². The first-order valence-corrected chi connectivity index (χ1v) is 13.5. The molecule has 1 fully saturated rings. The van der Waals surface area contributed by atoms with Crippen LogP contribution in [0.3, 0.4) is 0 Å². The zero-order valence-electron chi connectivity index (χ0n) is 18.6. The van der Waals surface area contributed by atoms with E-state index in [9.17, 15) is 13.2 Å². The average molecular weight is 499 g/mol. The third-order valence-electron chi connectivity index (χ3n) is 6.09. The molecule has 2 aliphatic rings. The Bertz CT molecular complexity index is 1270. The molecule has 1 N–H and O–H groups in total. The molecule has 34 heavy (non-hydrogen) atoms. The fourth-order valence-electron chi connectivity index (χ4n) is 4.24. The van der Waals surface area contributed by atoms with Crippen molar-refractivity contribution in [1.29, 1.82) is 0 Å². The summed E-state index contributed by atoms with van der Waals surface area (Å²) in [6.07, 6.45) is 1.03. The van der Waals surface area contributed by atoms with Gasteiger partial charge in [-0.3, -0.25) is 15.0 Å². The molecule has 10 heteroatoms. The molecule has 1 amide bonds. The van der Waals surface area contributed by atoms with Crippen molar-refractivity contribution in [3.05, 3.63) is 76.3 Å². The number of carbonyl (C=O) groups is 1. The number of sulfonamides is 1. The minimum atomic E-state index is -3.59. The molecule has 3 heterocycles. The quantitative estimate of drug-likeness (QED) is 0.562. The van der Waals surface area contributed by atoms with Crippen molar-refractivity contribution in [2.45, 2.75) is 24.4 Å². The topological polar surface area (TPSA) is 91.8 Å². The lowest BCUT2D eigenvalue weighted by Gasteiger charge is -2.27. The number of amides is 1. The van der Waals surface area contributed by atoms with Crippen molar-refractivity contribution >= 4 is 32.4 Å². The number of carbonyl (C=O) groups excluding carboxylic acids is 1. The van der Waals surface area contributed by atoms with Gasteiger partial charge in [-0.15, -0.1) is 11.3 Å². The van der Waals surface area contributed by atoms with Gasteiger partial charge in [0.2, 0.25) is 10.0 Å². The van der Waals surface area contributed by atoms with Gasteiger partial charge in [0.05, 0.1) is 23.8 Å². The summed E-state index contributed by atoms with van der Waals surface area (Å²) in [7, 11) is -3.59. The van der Waals surface area contributed by atoms with E-state index in [1.165, 1.54) is 51.0 Å². The van der Waals surface area contributed by atoms with E-state index in [1.54, 1.807) is 0 Å². The number of anilines is 1. The van der Waals surface area contributed by atoms with Gasteiger partial charge in [0.25, 0.3) is 5.91 Å². The highest BCUT2D eigenvalue weighted by Gasteiger charge is 2.26. The Labute approximate surface area is 203 Å². The van der Waals surface area contributed by atoms with Gasteiger partial charge in [-0.1, -0.05) is 24.3 Å². The Kier molecular flexibility index (Phi) is 6.75. The predicted molar refractivity (Wildman–Crippen MR) is 130 cm³/mol. The van der Waals surface area contributed by atoms with Gasteiger partial charge >= 0.3 is 0 Å². The first-order valence-electron chi connectivity index (χ1n) is 11.2. The monoisotopic (exact) mass is 498 g/mol. The summed E-state index contributed by atoms with van der Waals surface area (Å²) >= 11 is 1.39. The molecular formula is C24H26N4O4S2. The van der Waals surface area contributed by atoms with Gasteiger partial charge in [0.1, 0.15) is 0 Å². The van der Waals surface area contributed by atoms with Gasteiger partial charge in [-0.2, -0.15) is 4.31 Å². The molecule has 0 unspecified atom stereocenters. The minimum absolute atomic E-state index is 0.172. The number of aromatic nitrogens is 1. The molecule has 2 aliphatic heterocycles. The van der Waals surface area contributed by atoms with Gasteiger partial charge in [-0.25, -0.2) is 13.4 Å². The maximum absolute atomic E-state index is 12.8. The lowest BCUT2D eigenvalue weighted by molar-refractivity contribution is 0.0730. The van der Waals surface area contributed by atoms with Crippen molar-refractivity contribution < 1.29 is 17.9 Å². The summed E-state index contributed by atoms with van der Waals surface area (Å²) in [6.45, 7) is 4.06. The van der Waals surface area contributed by atoms with E-state index in [1.807, 2.05) is 5.38 Å². The van der Waals surface area contributed by atoms with Crippen LogP contribution in [0, 0.1) is 0 Å². The Morgan fingerprint density at radius 1 is 1.03 bits per heavy atom. The molecular weight excluding hydrogens is 472 g/mol. The summed E-state index contributed by atoms with van der Waals surface area (Å²) in [5.41, 5.74) is 4.07. The molecule has 2 aromatic carbocycles. The van der Waals surface area contributed by atoms with Crippen LogP contribution in [0.2, 0.25) is 0 Å². The van der Waals surface area contributed by atoms with Crippen LogP contribution in [0.25, 0.3) is 0 Å². The predicted octanol–water partition coefficient (Wildman–Crippen LogP) is 2.97. The van der Waals surface area contributed by atoms with Crippen molar-refractivity contribution in [2.24, 2.45) is 0 Å². The van der Waals surface area contributed by atoms with E-state index in [2.05, 4.69) is 39.5 Å². The smallest absolute Gasteiger partial charge is 0.257 e. The van der Waals surface area contributed by atoms with E-state index in [-0.39, 0.29) is 10.8 Å². The van der Waals surface area contributed by atoms with Gasteiger partial charge in [-0.05, 0) is 41.8 Å². The number of nitrogens with zero attached hydrogens (tertiary/aromatic N) is 3. The number of benzene rings is 2. The molecule has 5 rings (SSSR count). The van der Waals surface area contributed by atoms with E-state index in [0.717, 1.165) is 31.7 Å². The van der Waals surface area contributed by atoms with E-state index in [4.69, 9.17) is 4.74 Å². The molecule has 0 spiro atoms. The largest absolute Gasteiger partial charge is 0.379 e. The van der Waals surface area contributed by atoms with Crippen molar-refractivity contribution in [1.82, 2.24) is 14.2 Å². The van der Waals surface area contributed by atoms with Gasteiger partial charge in [0.15, 0.2) is 5.13 Å². The Balaban J connectivity index is 1.19. The number of fused-ring (bicyclic) bond motifs is 1. The molecule has 0 bridgehead atoms. The summed E-state index contributed by atoms with van der Waals surface area (Å²) < 4.78 is 32.1. The van der Waals surface area contributed by atoms with Gasteiger partial charge < -0.3 is 4.74 Å². The summed E-state index contributed by atoms with van der Waals surface area (Å²) in [5, 5.41) is 5.32. The van der Waals surface area contributed by atoms with E-state index in [0.29, 0.717) is 37.0 Å². The van der Waals surface area contributed by atoms with Crippen LogP contribution in [0.4, 0.5) is 5.13 Å². The van der Waals surface area contributed by atoms with Crippen molar-refractivity contribution in [2.75, 3.05) is 38.2 Å². The number of ether oxygens (including phenoxy) is 1. The molecule has 8 nitrogen and oxygen atoms in total. The molecule has 0 radical (unpaired) electrons. The molecule has 1 aromatic heterocycles. The zero-order chi connectivity index (χ0) is 23.5. The molecule has 0 saturated carbocycles. The van der Waals surface area contributed by atoms with E-state index >= 15 is 0 Å². The number of hydrogen-bond acceptors (Lipinski definition) is 7. The van der Waals surface area contributed by atoms with Crippen LogP contribution in [0.1, 0.15) is 27.2 Å². The maximum atomic E-state index is 12.8. The lowest BCUT2D eigenvalue weighted by atomic mass is 10.00. The number of rotatable bonds is 6. The molecule has 0 aliphatic carbocycles. The second kappa shape index (κ2) is 9.93. The van der Waals surface area contributed by atoms with Crippen molar-refractivity contribution in [3.8, 4) is 0 Å². The number of nitrogens with one attached hydrogen (secondary N) is 1. The standard InChI is InChI=1S/C24H26N4O4S2/c29-23(19-5-7-22(8-6-19)34(30,31)28-11-13-32-14-12-28)26-24-25-21(17-33-24)16-27-10-9-18-3-1-2-4-20(18)15-27/h1-8,17H,9-16H2,(H,25,26,29). The molecule has 1 saturated heterocycles. The summed E-state index contributed by atoms with van der Waals surface area (Å²) in [5.74, 6) is -0.317. The van der Waals surface area contributed by atoms with Crippen LogP contribution < -0.4 is 5.32 Å². The Morgan fingerprint density at radius 3 is 2.53 bits per heavy atom. The van der Waals surface area contributed by atoms with Crippen LogP contribution >= 0.6 is 11.3 Å². The highest BCUT2D eigenvalue weighted by Crippen LogP contribution is 2.23. The fraction of sp³-hybridized carbons (Fsp3) is 0.333. The Hall–Kier alpha value is -2.63. The van der Waals surface area contributed by atoms with Crippen LogP contribution in [-0.2, 0) is 34.3 Å².